The zero-order valence-electron chi connectivity index (χ0n) is 19.4. The van der Waals surface area contributed by atoms with Crippen LogP contribution in [0.1, 0.15) is 25.7 Å². The largest absolute Gasteiger partial charge is 0.355 e. The molecule has 35 heavy (non-hydrogen) atoms. The highest BCUT2D eigenvalue weighted by Crippen LogP contribution is 2.57. The number of benzene rings is 1. The number of hydrogen-bond acceptors (Lipinski definition) is 6. The molecule has 2 aliphatic heterocycles. The summed E-state index contributed by atoms with van der Waals surface area (Å²) < 4.78 is 28.5. The van der Waals surface area contributed by atoms with E-state index in [1.54, 1.807) is 6.20 Å². The van der Waals surface area contributed by atoms with Gasteiger partial charge in [0.25, 0.3) is 0 Å². The molecule has 0 atom stereocenters. The van der Waals surface area contributed by atoms with Gasteiger partial charge in [0.1, 0.15) is 5.82 Å². The molecule has 2 saturated heterocycles. The number of rotatable bonds is 7. The predicted octanol–water partition coefficient (Wildman–Crippen LogP) is 5.07. The SMILES string of the molecule is FC1(F)CC2(CN(c3ccc(-c4nc(Nc5ccc(Cl)cc5)n(CCN5CCCC5)n4)cn3)C2)C1. The molecule has 1 spiro atoms. The van der Waals surface area contributed by atoms with Gasteiger partial charge in [0.05, 0.1) is 6.54 Å². The molecule has 10 heteroatoms. The Morgan fingerprint density at radius 1 is 0.971 bits per heavy atom. The van der Waals surface area contributed by atoms with Crippen LogP contribution in [0.5, 0.6) is 0 Å². The number of anilines is 3. The molecule has 1 saturated carbocycles. The number of hydrogen-bond donors (Lipinski definition) is 1. The number of halogens is 3. The predicted molar refractivity (Wildman–Crippen MR) is 132 cm³/mol. The van der Waals surface area contributed by atoms with Crippen molar-refractivity contribution in [3.8, 4) is 11.4 Å². The fourth-order valence-corrected chi connectivity index (χ4v) is 5.64. The Balaban J connectivity index is 1.17. The zero-order chi connectivity index (χ0) is 24.0. The molecule has 4 heterocycles. The van der Waals surface area contributed by atoms with E-state index in [1.807, 2.05) is 41.1 Å². The molecule has 0 bridgehead atoms. The van der Waals surface area contributed by atoms with Gasteiger partial charge >= 0.3 is 0 Å². The number of nitrogens with zero attached hydrogens (tertiary/aromatic N) is 6. The van der Waals surface area contributed by atoms with Crippen LogP contribution in [0.4, 0.5) is 26.2 Å². The summed E-state index contributed by atoms with van der Waals surface area (Å²) in [5.41, 5.74) is 1.48. The first-order chi connectivity index (χ1) is 16.9. The minimum atomic E-state index is -2.49. The lowest BCUT2D eigenvalue weighted by atomic mass is 9.61. The number of aromatic nitrogens is 4. The molecule has 6 rings (SSSR count). The fraction of sp³-hybridized carbons (Fsp3) is 0.480. The molecule has 7 nitrogen and oxygen atoms in total. The van der Waals surface area contributed by atoms with E-state index in [9.17, 15) is 8.78 Å². The average Bonchev–Trinajstić information content (AvgIpc) is 3.46. The molecule has 184 valence electrons. The highest BCUT2D eigenvalue weighted by Gasteiger charge is 2.61. The van der Waals surface area contributed by atoms with Crippen molar-refractivity contribution in [2.75, 3.05) is 42.9 Å². The van der Waals surface area contributed by atoms with Crippen LogP contribution in [-0.2, 0) is 6.54 Å². The van der Waals surface area contributed by atoms with Crippen LogP contribution >= 0.6 is 11.6 Å². The van der Waals surface area contributed by atoms with E-state index in [-0.39, 0.29) is 18.3 Å². The van der Waals surface area contributed by atoms with Gasteiger partial charge in [-0.3, -0.25) is 0 Å². The van der Waals surface area contributed by atoms with Gasteiger partial charge in [0, 0.05) is 60.4 Å². The minimum absolute atomic E-state index is 0.00321. The first-order valence-electron chi connectivity index (χ1n) is 12.2. The molecule has 2 aromatic heterocycles. The highest BCUT2D eigenvalue weighted by atomic mass is 35.5. The average molecular weight is 500 g/mol. The standard InChI is InChI=1S/C25H28ClF2N7/c26-19-4-6-20(7-5-19)30-23-31-22(32-35(23)12-11-33-9-1-2-10-33)18-3-8-21(29-13-18)34-16-24(17-34)14-25(27,28)15-24/h3-8,13H,1-2,9-12,14-17H2,(H,30,31,32). The minimum Gasteiger partial charge on any atom is -0.355 e. The third kappa shape index (κ3) is 4.71. The van der Waals surface area contributed by atoms with Gasteiger partial charge in [-0.05, 0) is 62.3 Å². The molecule has 3 fully saturated rings. The van der Waals surface area contributed by atoms with Gasteiger partial charge in [0.15, 0.2) is 5.82 Å². The topological polar surface area (TPSA) is 62.1 Å². The van der Waals surface area contributed by atoms with Crippen molar-refractivity contribution in [1.82, 2.24) is 24.6 Å². The van der Waals surface area contributed by atoms with Crippen molar-refractivity contribution in [3.63, 3.8) is 0 Å². The smallest absolute Gasteiger partial charge is 0.249 e. The number of pyridine rings is 1. The number of alkyl halides is 2. The molecule has 1 N–H and O–H groups in total. The van der Waals surface area contributed by atoms with Crippen LogP contribution in [0.2, 0.25) is 5.02 Å². The van der Waals surface area contributed by atoms with Crippen LogP contribution < -0.4 is 10.2 Å². The fourth-order valence-electron chi connectivity index (χ4n) is 5.52. The second-order valence-corrected chi connectivity index (χ2v) is 10.6. The summed E-state index contributed by atoms with van der Waals surface area (Å²) in [4.78, 5) is 13.9. The van der Waals surface area contributed by atoms with Crippen molar-refractivity contribution in [3.05, 3.63) is 47.6 Å². The summed E-state index contributed by atoms with van der Waals surface area (Å²) in [6.07, 6.45) is 4.25. The van der Waals surface area contributed by atoms with Crippen LogP contribution in [0.3, 0.4) is 0 Å². The zero-order valence-corrected chi connectivity index (χ0v) is 20.2. The maximum atomic E-state index is 13.3. The maximum absolute atomic E-state index is 13.3. The van der Waals surface area contributed by atoms with E-state index < -0.39 is 5.92 Å². The molecule has 3 aromatic rings. The monoisotopic (exact) mass is 499 g/mol. The van der Waals surface area contributed by atoms with Crippen LogP contribution in [0.15, 0.2) is 42.6 Å². The summed E-state index contributed by atoms with van der Waals surface area (Å²) in [5, 5.41) is 8.82. The van der Waals surface area contributed by atoms with Gasteiger partial charge in [-0.1, -0.05) is 11.6 Å². The van der Waals surface area contributed by atoms with Crippen molar-refractivity contribution in [2.24, 2.45) is 5.41 Å². The van der Waals surface area contributed by atoms with Crippen LogP contribution in [0.25, 0.3) is 11.4 Å². The van der Waals surface area contributed by atoms with Gasteiger partial charge in [-0.15, -0.1) is 5.10 Å². The summed E-state index contributed by atoms with van der Waals surface area (Å²) >= 11 is 6.03. The van der Waals surface area contributed by atoms with E-state index in [0.29, 0.717) is 29.9 Å². The molecule has 0 radical (unpaired) electrons. The van der Waals surface area contributed by atoms with E-state index in [4.69, 9.17) is 21.7 Å². The molecular weight excluding hydrogens is 472 g/mol. The van der Waals surface area contributed by atoms with Gasteiger partial charge in [-0.2, -0.15) is 4.98 Å². The number of nitrogens with one attached hydrogen (secondary N) is 1. The lowest BCUT2D eigenvalue weighted by Gasteiger charge is -2.59. The first kappa shape index (κ1) is 22.7. The molecule has 0 amide bonds. The maximum Gasteiger partial charge on any atom is 0.249 e. The van der Waals surface area contributed by atoms with E-state index >= 15 is 0 Å². The third-order valence-electron chi connectivity index (χ3n) is 7.25. The Hall–Kier alpha value is -2.78. The molecule has 1 aromatic carbocycles. The van der Waals surface area contributed by atoms with Crippen LogP contribution in [-0.4, -0.2) is 63.3 Å². The van der Waals surface area contributed by atoms with E-state index in [0.717, 1.165) is 43.2 Å². The van der Waals surface area contributed by atoms with Crippen LogP contribution in [0, 0.1) is 5.41 Å². The Bertz CT molecular complexity index is 1170. The van der Waals surface area contributed by atoms with E-state index in [2.05, 4.69) is 20.1 Å². The lowest BCUT2D eigenvalue weighted by Crippen LogP contribution is -2.66. The molecular formula is C25H28ClF2N7. The Morgan fingerprint density at radius 3 is 2.37 bits per heavy atom. The summed E-state index contributed by atoms with van der Waals surface area (Å²) in [7, 11) is 0. The van der Waals surface area contributed by atoms with Crippen molar-refractivity contribution in [1.29, 1.82) is 0 Å². The van der Waals surface area contributed by atoms with Gasteiger partial charge in [-0.25, -0.2) is 18.4 Å². The quantitative estimate of drug-likeness (QED) is 0.490. The highest BCUT2D eigenvalue weighted by molar-refractivity contribution is 6.30. The van der Waals surface area contributed by atoms with Gasteiger partial charge < -0.3 is 15.1 Å². The summed E-state index contributed by atoms with van der Waals surface area (Å²) in [5.74, 6) is -0.412. The second kappa shape index (κ2) is 8.71. The summed E-state index contributed by atoms with van der Waals surface area (Å²) in [6.45, 7) is 5.20. The first-order valence-corrected chi connectivity index (χ1v) is 12.5. The van der Waals surface area contributed by atoms with Crippen molar-refractivity contribution >= 4 is 29.1 Å². The lowest BCUT2D eigenvalue weighted by molar-refractivity contribution is -0.170. The van der Waals surface area contributed by atoms with Crippen molar-refractivity contribution < 1.29 is 8.78 Å². The Kier molecular flexibility index (Phi) is 5.64. The van der Waals surface area contributed by atoms with Crippen molar-refractivity contribution in [2.45, 2.75) is 38.2 Å². The Morgan fingerprint density at radius 2 is 1.71 bits per heavy atom. The second-order valence-electron chi connectivity index (χ2n) is 10.1. The molecule has 3 aliphatic rings. The Labute approximate surface area is 208 Å². The molecule has 1 aliphatic carbocycles. The molecule has 0 unspecified atom stereocenters. The third-order valence-corrected chi connectivity index (χ3v) is 7.50. The van der Waals surface area contributed by atoms with E-state index in [1.165, 1.54) is 12.8 Å². The number of likely N-dealkylation sites (tertiary alicyclic amines) is 1. The normalized spacial score (nSPS) is 20.6. The summed E-state index contributed by atoms with van der Waals surface area (Å²) in [6, 6.07) is 11.4. The van der Waals surface area contributed by atoms with Gasteiger partial charge in [0.2, 0.25) is 11.9 Å².